The molecule has 6 heteroatoms. The largest absolute Gasteiger partial charge is 0.385 e. The molecule has 2 unspecified atom stereocenters. The Hall–Kier alpha value is -2.18. The van der Waals surface area contributed by atoms with Gasteiger partial charge in [-0.3, -0.25) is 9.48 Å². The van der Waals surface area contributed by atoms with E-state index in [2.05, 4.69) is 10.4 Å². The van der Waals surface area contributed by atoms with Crippen molar-refractivity contribution in [3.05, 3.63) is 48.2 Å². The molecule has 0 aliphatic rings. The Morgan fingerprint density at radius 3 is 2.78 bits per heavy atom. The molecule has 0 bridgehead atoms. The van der Waals surface area contributed by atoms with E-state index >= 15 is 0 Å². The predicted molar refractivity (Wildman–Crippen MR) is 89.9 cm³/mol. The maximum absolute atomic E-state index is 12.3. The van der Waals surface area contributed by atoms with E-state index in [4.69, 9.17) is 10.5 Å². The number of aromatic nitrogens is 2. The topological polar surface area (TPSA) is 82.2 Å². The predicted octanol–water partition coefficient (Wildman–Crippen LogP) is 2.19. The summed E-state index contributed by atoms with van der Waals surface area (Å²) in [7, 11) is 1.67. The maximum Gasteiger partial charge on any atom is 0.230 e. The number of nitrogens with one attached hydrogen (secondary N) is 1. The van der Waals surface area contributed by atoms with Gasteiger partial charge in [0, 0.05) is 38.6 Å². The van der Waals surface area contributed by atoms with Crippen LogP contribution in [0.2, 0.25) is 0 Å². The minimum atomic E-state index is -0.351. The molecule has 124 valence electrons. The van der Waals surface area contributed by atoms with Crippen LogP contribution in [0.1, 0.15) is 24.9 Å². The van der Waals surface area contributed by atoms with E-state index in [0.29, 0.717) is 12.4 Å². The van der Waals surface area contributed by atoms with Crippen LogP contribution in [0, 0.1) is 5.92 Å². The van der Waals surface area contributed by atoms with Gasteiger partial charge in [-0.15, -0.1) is 0 Å². The molecular weight excluding hydrogens is 292 g/mol. The number of anilines is 1. The zero-order valence-electron chi connectivity index (χ0n) is 13.6. The van der Waals surface area contributed by atoms with Crippen LogP contribution in [0.15, 0.2) is 42.6 Å². The lowest BCUT2D eigenvalue weighted by Gasteiger charge is -2.19. The average molecular weight is 316 g/mol. The third kappa shape index (κ3) is 4.91. The number of amides is 1. The minimum absolute atomic E-state index is 0.136. The van der Waals surface area contributed by atoms with Crippen molar-refractivity contribution in [2.45, 2.75) is 25.9 Å². The molecule has 6 nitrogen and oxygen atoms in total. The van der Waals surface area contributed by atoms with E-state index in [1.807, 2.05) is 43.5 Å². The normalized spacial score (nSPS) is 13.5. The number of rotatable bonds is 8. The summed E-state index contributed by atoms with van der Waals surface area (Å²) in [6.07, 6.45) is 2.72. The van der Waals surface area contributed by atoms with Crippen LogP contribution in [-0.2, 0) is 16.1 Å². The fourth-order valence-corrected chi connectivity index (χ4v) is 2.29. The number of ether oxygens (including phenoxy) is 1. The second-order valence-electron chi connectivity index (χ2n) is 5.52. The molecule has 0 saturated heterocycles. The van der Waals surface area contributed by atoms with Crippen molar-refractivity contribution < 1.29 is 9.53 Å². The smallest absolute Gasteiger partial charge is 0.230 e. The Morgan fingerprint density at radius 2 is 2.09 bits per heavy atom. The molecule has 0 radical (unpaired) electrons. The lowest BCUT2D eigenvalue weighted by molar-refractivity contribution is -0.120. The van der Waals surface area contributed by atoms with Crippen LogP contribution in [0.5, 0.6) is 0 Å². The van der Waals surface area contributed by atoms with Crippen LogP contribution >= 0.6 is 0 Å². The molecule has 0 aliphatic heterocycles. The third-order valence-electron chi connectivity index (χ3n) is 3.76. The first kappa shape index (κ1) is 17.2. The van der Waals surface area contributed by atoms with Gasteiger partial charge < -0.3 is 15.8 Å². The minimum Gasteiger partial charge on any atom is -0.385 e. The van der Waals surface area contributed by atoms with Gasteiger partial charge in [0.05, 0.1) is 5.92 Å². The first-order chi connectivity index (χ1) is 11.1. The van der Waals surface area contributed by atoms with Crippen LogP contribution < -0.4 is 11.1 Å². The van der Waals surface area contributed by atoms with Crippen molar-refractivity contribution in [2.75, 3.05) is 19.0 Å². The molecule has 0 saturated carbocycles. The van der Waals surface area contributed by atoms with Gasteiger partial charge in [-0.1, -0.05) is 37.3 Å². The fraction of sp³-hybridized carbons (Fsp3) is 0.412. The SMILES string of the molecule is COCCCn1ccc(NC(=O)C(C)C(N)c2ccccc2)n1. The van der Waals surface area contributed by atoms with E-state index in [1.54, 1.807) is 17.9 Å². The highest BCUT2D eigenvalue weighted by atomic mass is 16.5. The number of carbonyl (C=O) groups is 1. The summed E-state index contributed by atoms with van der Waals surface area (Å²) in [4.78, 5) is 12.3. The fourth-order valence-electron chi connectivity index (χ4n) is 2.29. The molecule has 0 fully saturated rings. The molecule has 2 atom stereocenters. The summed E-state index contributed by atoms with van der Waals surface area (Å²) in [6, 6.07) is 11.1. The Kier molecular flexibility index (Phi) is 6.31. The third-order valence-corrected chi connectivity index (χ3v) is 3.76. The summed E-state index contributed by atoms with van der Waals surface area (Å²) in [6.45, 7) is 3.26. The van der Waals surface area contributed by atoms with Crippen molar-refractivity contribution in [1.29, 1.82) is 0 Å². The molecule has 2 rings (SSSR count). The van der Waals surface area contributed by atoms with Gasteiger partial charge in [0.2, 0.25) is 5.91 Å². The van der Waals surface area contributed by atoms with Crippen LogP contribution in [0.25, 0.3) is 0 Å². The molecule has 3 N–H and O–H groups in total. The van der Waals surface area contributed by atoms with Crippen LogP contribution in [0.4, 0.5) is 5.82 Å². The highest BCUT2D eigenvalue weighted by Crippen LogP contribution is 2.20. The monoisotopic (exact) mass is 316 g/mol. The van der Waals surface area contributed by atoms with Crippen LogP contribution in [0.3, 0.4) is 0 Å². The summed E-state index contributed by atoms with van der Waals surface area (Å²) >= 11 is 0. The van der Waals surface area contributed by atoms with Gasteiger partial charge in [-0.05, 0) is 12.0 Å². The number of hydrogen-bond donors (Lipinski definition) is 2. The second-order valence-corrected chi connectivity index (χ2v) is 5.52. The number of carbonyl (C=O) groups excluding carboxylic acids is 1. The van der Waals surface area contributed by atoms with Crippen LogP contribution in [-0.4, -0.2) is 29.4 Å². The second kappa shape index (κ2) is 8.45. The first-order valence-electron chi connectivity index (χ1n) is 7.75. The number of methoxy groups -OCH3 is 1. The molecule has 1 heterocycles. The van der Waals surface area contributed by atoms with Crippen molar-refractivity contribution in [3.63, 3.8) is 0 Å². The molecule has 1 amide bonds. The number of nitrogens with two attached hydrogens (primary N) is 1. The zero-order valence-corrected chi connectivity index (χ0v) is 13.6. The Balaban J connectivity index is 1.91. The van der Waals surface area contributed by atoms with E-state index in [0.717, 1.165) is 18.5 Å². The van der Waals surface area contributed by atoms with Crippen molar-refractivity contribution in [1.82, 2.24) is 9.78 Å². The molecule has 1 aromatic heterocycles. The zero-order chi connectivity index (χ0) is 16.7. The quantitative estimate of drug-likeness (QED) is 0.731. The van der Waals surface area contributed by atoms with Gasteiger partial charge in [-0.2, -0.15) is 5.10 Å². The number of nitrogens with zero attached hydrogens (tertiary/aromatic N) is 2. The van der Waals surface area contributed by atoms with E-state index in [1.165, 1.54) is 0 Å². The lowest BCUT2D eigenvalue weighted by Crippen LogP contribution is -2.30. The summed E-state index contributed by atoms with van der Waals surface area (Å²) in [5.41, 5.74) is 7.12. The first-order valence-corrected chi connectivity index (χ1v) is 7.75. The number of hydrogen-bond acceptors (Lipinski definition) is 4. The molecule has 1 aromatic carbocycles. The number of aryl methyl sites for hydroxylation is 1. The summed E-state index contributed by atoms with van der Waals surface area (Å²) in [5, 5.41) is 7.15. The maximum atomic E-state index is 12.3. The van der Waals surface area contributed by atoms with Gasteiger partial charge >= 0.3 is 0 Å². The van der Waals surface area contributed by atoms with Gasteiger partial charge in [0.15, 0.2) is 5.82 Å². The van der Waals surface area contributed by atoms with Gasteiger partial charge in [-0.25, -0.2) is 0 Å². The van der Waals surface area contributed by atoms with E-state index in [-0.39, 0.29) is 17.9 Å². The lowest BCUT2D eigenvalue weighted by atomic mass is 9.95. The van der Waals surface area contributed by atoms with Gasteiger partial charge in [0.1, 0.15) is 0 Å². The average Bonchev–Trinajstić information content (AvgIpc) is 3.02. The molecule has 23 heavy (non-hydrogen) atoms. The van der Waals surface area contributed by atoms with Crippen molar-refractivity contribution in [2.24, 2.45) is 11.7 Å². The molecular formula is C17H24N4O2. The molecule has 0 spiro atoms. The summed E-state index contributed by atoms with van der Waals surface area (Å²) < 4.78 is 6.80. The van der Waals surface area contributed by atoms with Crippen molar-refractivity contribution in [3.8, 4) is 0 Å². The Bertz CT molecular complexity index is 612. The van der Waals surface area contributed by atoms with Gasteiger partial charge in [0.25, 0.3) is 0 Å². The highest BCUT2D eigenvalue weighted by Gasteiger charge is 2.22. The number of benzene rings is 1. The Morgan fingerprint density at radius 1 is 1.35 bits per heavy atom. The standard InChI is InChI=1S/C17H24N4O2/c1-13(16(18)14-7-4-3-5-8-14)17(22)19-15-9-11-21(20-15)10-6-12-23-2/h3-5,7-9,11,13,16H,6,10,12,18H2,1-2H3,(H,19,20,22). The van der Waals surface area contributed by atoms with E-state index in [9.17, 15) is 4.79 Å². The van der Waals surface area contributed by atoms with Crippen molar-refractivity contribution >= 4 is 11.7 Å². The molecule has 0 aliphatic carbocycles. The summed E-state index contributed by atoms with van der Waals surface area (Å²) in [5.74, 6) is 0.0547. The Labute approximate surface area is 136 Å². The molecule has 2 aromatic rings. The highest BCUT2D eigenvalue weighted by molar-refractivity contribution is 5.91. The van der Waals surface area contributed by atoms with E-state index < -0.39 is 0 Å².